The summed E-state index contributed by atoms with van der Waals surface area (Å²) in [6.45, 7) is 0. The van der Waals surface area contributed by atoms with Gasteiger partial charge in [0.05, 0.1) is 4.47 Å². The van der Waals surface area contributed by atoms with Crippen LogP contribution in [0.2, 0.25) is 0 Å². The molecule has 0 amide bonds. The Morgan fingerprint density at radius 2 is 1.89 bits per heavy atom. The van der Waals surface area contributed by atoms with Crippen molar-refractivity contribution < 1.29 is 9.18 Å². The van der Waals surface area contributed by atoms with Crippen LogP contribution in [-0.4, -0.2) is 5.78 Å². The topological polar surface area (TPSA) is 17.1 Å². The van der Waals surface area contributed by atoms with Gasteiger partial charge in [-0.05, 0) is 64.5 Å². The molecular weight excluding hydrogens is 307 g/mol. The molecular formula is C16H12BrFO. The van der Waals surface area contributed by atoms with Crippen molar-refractivity contribution >= 4 is 21.7 Å². The molecule has 0 aromatic heterocycles. The maximum atomic E-state index is 13.5. The van der Waals surface area contributed by atoms with Crippen LogP contribution in [-0.2, 0) is 12.8 Å². The molecule has 2 aromatic carbocycles. The van der Waals surface area contributed by atoms with Crippen molar-refractivity contribution in [1.29, 1.82) is 0 Å². The van der Waals surface area contributed by atoms with Crippen molar-refractivity contribution in [3.05, 3.63) is 68.9 Å². The molecule has 0 saturated carbocycles. The lowest BCUT2D eigenvalue weighted by molar-refractivity contribution is 0.103. The van der Waals surface area contributed by atoms with E-state index in [9.17, 15) is 9.18 Å². The van der Waals surface area contributed by atoms with Crippen molar-refractivity contribution in [2.75, 3.05) is 0 Å². The highest BCUT2D eigenvalue weighted by molar-refractivity contribution is 9.10. The van der Waals surface area contributed by atoms with Gasteiger partial charge in [0.15, 0.2) is 5.78 Å². The lowest BCUT2D eigenvalue weighted by Gasteiger charge is -2.06. The van der Waals surface area contributed by atoms with Gasteiger partial charge >= 0.3 is 0 Å². The predicted octanol–water partition coefficient (Wildman–Crippen LogP) is 4.31. The fourth-order valence-corrected chi connectivity index (χ4v) is 2.99. The Labute approximate surface area is 119 Å². The Morgan fingerprint density at radius 3 is 2.74 bits per heavy atom. The quantitative estimate of drug-likeness (QED) is 0.754. The Bertz CT molecular complexity index is 664. The molecule has 0 N–H and O–H groups in total. The monoisotopic (exact) mass is 318 g/mol. The second kappa shape index (κ2) is 4.89. The summed E-state index contributed by atoms with van der Waals surface area (Å²) in [5, 5.41) is 0. The third kappa shape index (κ3) is 2.23. The van der Waals surface area contributed by atoms with E-state index in [4.69, 9.17) is 0 Å². The van der Waals surface area contributed by atoms with Gasteiger partial charge in [-0.3, -0.25) is 4.79 Å². The van der Waals surface area contributed by atoms with Gasteiger partial charge < -0.3 is 0 Å². The molecule has 1 aliphatic carbocycles. The van der Waals surface area contributed by atoms with Crippen LogP contribution in [0.25, 0.3) is 0 Å². The number of ketones is 1. The molecule has 1 nitrogen and oxygen atoms in total. The molecule has 0 atom stereocenters. The molecule has 0 unspecified atom stereocenters. The summed E-state index contributed by atoms with van der Waals surface area (Å²) in [6, 6.07) is 10.3. The SMILES string of the molecule is O=C(c1ccc2c(c1)CCC2)c1cccc(F)c1Br. The van der Waals surface area contributed by atoms with Gasteiger partial charge in [0.25, 0.3) is 0 Å². The van der Waals surface area contributed by atoms with E-state index in [1.807, 2.05) is 18.2 Å². The Kier molecular flexibility index (Phi) is 3.23. The number of carbonyl (C=O) groups excluding carboxylic acids is 1. The lowest BCUT2D eigenvalue weighted by atomic mass is 9.99. The summed E-state index contributed by atoms with van der Waals surface area (Å²) < 4.78 is 13.7. The van der Waals surface area contributed by atoms with Crippen LogP contribution in [0.3, 0.4) is 0 Å². The van der Waals surface area contributed by atoms with E-state index in [2.05, 4.69) is 15.9 Å². The van der Waals surface area contributed by atoms with Crippen LogP contribution < -0.4 is 0 Å². The first-order valence-corrected chi connectivity index (χ1v) is 7.06. The van der Waals surface area contributed by atoms with Crippen molar-refractivity contribution in [1.82, 2.24) is 0 Å². The van der Waals surface area contributed by atoms with Crippen LogP contribution >= 0.6 is 15.9 Å². The van der Waals surface area contributed by atoms with Gasteiger partial charge in [0.2, 0.25) is 0 Å². The smallest absolute Gasteiger partial charge is 0.194 e. The normalized spacial score (nSPS) is 13.4. The minimum Gasteiger partial charge on any atom is -0.289 e. The summed E-state index contributed by atoms with van der Waals surface area (Å²) in [5.41, 5.74) is 3.58. The van der Waals surface area contributed by atoms with E-state index in [0.717, 1.165) is 19.3 Å². The molecule has 0 radical (unpaired) electrons. The number of halogens is 2. The number of rotatable bonds is 2. The van der Waals surface area contributed by atoms with Crippen molar-refractivity contribution in [3.8, 4) is 0 Å². The summed E-state index contributed by atoms with van der Waals surface area (Å²) >= 11 is 3.14. The predicted molar refractivity (Wildman–Crippen MR) is 76.0 cm³/mol. The molecule has 96 valence electrons. The molecule has 0 aliphatic heterocycles. The van der Waals surface area contributed by atoms with Crippen LogP contribution in [0, 0.1) is 5.82 Å². The Hall–Kier alpha value is -1.48. The summed E-state index contributed by atoms with van der Waals surface area (Å²) in [4.78, 5) is 12.4. The first-order valence-electron chi connectivity index (χ1n) is 6.27. The second-order valence-corrected chi connectivity index (χ2v) is 5.56. The average molecular weight is 319 g/mol. The summed E-state index contributed by atoms with van der Waals surface area (Å²) in [5.74, 6) is -0.548. The maximum absolute atomic E-state index is 13.5. The molecule has 0 saturated heterocycles. The Balaban J connectivity index is 2.02. The van der Waals surface area contributed by atoms with E-state index in [0.29, 0.717) is 11.1 Å². The van der Waals surface area contributed by atoms with E-state index in [1.165, 1.54) is 17.2 Å². The van der Waals surface area contributed by atoms with E-state index in [1.54, 1.807) is 12.1 Å². The Morgan fingerprint density at radius 1 is 1.11 bits per heavy atom. The van der Waals surface area contributed by atoms with Crippen molar-refractivity contribution in [2.45, 2.75) is 19.3 Å². The minimum absolute atomic E-state index is 0.138. The van der Waals surface area contributed by atoms with Gasteiger partial charge in [0, 0.05) is 11.1 Å². The standard InChI is InChI=1S/C16H12BrFO/c17-15-13(5-2-6-14(15)18)16(19)12-8-7-10-3-1-4-11(10)9-12/h2,5-9H,1,3-4H2. The number of aryl methyl sites for hydroxylation is 2. The number of carbonyl (C=O) groups is 1. The van der Waals surface area contributed by atoms with Crippen LogP contribution in [0.15, 0.2) is 40.9 Å². The third-order valence-electron chi connectivity index (χ3n) is 3.56. The maximum Gasteiger partial charge on any atom is 0.194 e. The van der Waals surface area contributed by atoms with Crippen molar-refractivity contribution in [2.24, 2.45) is 0 Å². The first-order chi connectivity index (χ1) is 9.16. The molecule has 0 fully saturated rings. The molecule has 19 heavy (non-hydrogen) atoms. The van der Waals surface area contributed by atoms with Crippen LogP contribution in [0.1, 0.15) is 33.5 Å². The van der Waals surface area contributed by atoms with Crippen LogP contribution in [0.4, 0.5) is 4.39 Å². The molecule has 3 rings (SSSR count). The highest BCUT2D eigenvalue weighted by atomic mass is 79.9. The highest BCUT2D eigenvalue weighted by Crippen LogP contribution is 2.26. The van der Waals surface area contributed by atoms with Gasteiger partial charge in [-0.1, -0.05) is 18.2 Å². The molecule has 0 heterocycles. The first kappa shape index (κ1) is 12.5. The van der Waals surface area contributed by atoms with E-state index >= 15 is 0 Å². The molecule has 2 aromatic rings. The van der Waals surface area contributed by atoms with Crippen molar-refractivity contribution in [3.63, 3.8) is 0 Å². The van der Waals surface area contributed by atoms with E-state index in [-0.39, 0.29) is 10.3 Å². The highest BCUT2D eigenvalue weighted by Gasteiger charge is 2.18. The average Bonchev–Trinajstić information content (AvgIpc) is 2.88. The van der Waals surface area contributed by atoms with E-state index < -0.39 is 5.82 Å². The molecule has 1 aliphatic rings. The number of hydrogen-bond donors (Lipinski definition) is 0. The third-order valence-corrected chi connectivity index (χ3v) is 4.36. The van der Waals surface area contributed by atoms with Gasteiger partial charge in [-0.15, -0.1) is 0 Å². The number of fused-ring (bicyclic) bond motifs is 1. The largest absolute Gasteiger partial charge is 0.289 e. The second-order valence-electron chi connectivity index (χ2n) is 4.77. The number of hydrogen-bond acceptors (Lipinski definition) is 1. The zero-order valence-electron chi connectivity index (χ0n) is 10.2. The zero-order chi connectivity index (χ0) is 13.4. The molecule has 0 bridgehead atoms. The summed E-state index contributed by atoms with van der Waals surface area (Å²) in [6.07, 6.45) is 3.27. The van der Waals surface area contributed by atoms with Crippen LogP contribution in [0.5, 0.6) is 0 Å². The fourth-order valence-electron chi connectivity index (χ4n) is 2.55. The van der Waals surface area contributed by atoms with Gasteiger partial charge in [0.1, 0.15) is 5.82 Å². The van der Waals surface area contributed by atoms with Gasteiger partial charge in [-0.25, -0.2) is 4.39 Å². The van der Waals surface area contributed by atoms with Gasteiger partial charge in [-0.2, -0.15) is 0 Å². The molecule has 0 spiro atoms. The fraction of sp³-hybridized carbons (Fsp3) is 0.188. The molecule has 3 heteroatoms. The lowest BCUT2D eigenvalue weighted by Crippen LogP contribution is -2.04. The summed E-state index contributed by atoms with van der Waals surface area (Å²) in [7, 11) is 0. The minimum atomic E-state index is -0.410. The number of benzene rings is 2. The zero-order valence-corrected chi connectivity index (χ0v) is 11.8.